The van der Waals surface area contributed by atoms with Gasteiger partial charge in [-0.15, -0.1) is 24.8 Å². The lowest BCUT2D eigenvalue weighted by atomic mass is 9.82. The maximum atomic E-state index is 12.3. The largest absolute Gasteiger partial charge is 0.480 e. The summed E-state index contributed by atoms with van der Waals surface area (Å²) in [6, 6.07) is 1.44. The molecule has 1 saturated carbocycles. The Morgan fingerprint density at radius 3 is 2.39 bits per heavy atom. The van der Waals surface area contributed by atoms with Crippen molar-refractivity contribution in [1.82, 2.24) is 4.98 Å². The molecule has 0 radical (unpaired) electrons. The number of hydrogen-bond acceptors (Lipinski definition) is 5. The van der Waals surface area contributed by atoms with Gasteiger partial charge in [0.1, 0.15) is 5.56 Å². The van der Waals surface area contributed by atoms with Crippen LogP contribution in [0.4, 0.5) is 5.69 Å². The number of ether oxygens (including phenoxy) is 1. The van der Waals surface area contributed by atoms with Crippen LogP contribution in [0.1, 0.15) is 42.5 Å². The Hall–Kier alpha value is -1.57. The van der Waals surface area contributed by atoms with Gasteiger partial charge in [0, 0.05) is 0 Å². The van der Waals surface area contributed by atoms with E-state index in [1.54, 1.807) is 0 Å². The predicted molar refractivity (Wildman–Crippen MR) is 92.4 cm³/mol. The van der Waals surface area contributed by atoms with Crippen LogP contribution in [-0.2, 0) is 4.79 Å². The van der Waals surface area contributed by atoms with E-state index in [1.165, 1.54) is 19.4 Å². The van der Waals surface area contributed by atoms with E-state index in [0.29, 0.717) is 18.5 Å². The zero-order chi connectivity index (χ0) is 15.5. The average molecular weight is 365 g/mol. The number of methoxy groups -OCH3 is 1. The summed E-state index contributed by atoms with van der Waals surface area (Å²) in [7, 11) is 1.39. The van der Waals surface area contributed by atoms with Gasteiger partial charge in [-0.05, 0) is 18.9 Å². The van der Waals surface area contributed by atoms with Crippen LogP contribution in [-0.4, -0.2) is 29.4 Å². The Labute approximate surface area is 147 Å². The van der Waals surface area contributed by atoms with Crippen LogP contribution in [0.25, 0.3) is 0 Å². The number of primary amides is 1. The molecular formula is C14H22Cl2N4O3. The molecule has 0 unspecified atom stereocenters. The number of nitrogens with zero attached hydrogens (tertiary/aromatic N) is 1. The van der Waals surface area contributed by atoms with Gasteiger partial charge >= 0.3 is 0 Å². The minimum absolute atomic E-state index is 0. The van der Waals surface area contributed by atoms with Gasteiger partial charge in [0.25, 0.3) is 5.91 Å². The molecule has 0 saturated heterocycles. The maximum Gasteiger partial charge on any atom is 0.254 e. The van der Waals surface area contributed by atoms with E-state index >= 15 is 0 Å². The molecular weight excluding hydrogens is 343 g/mol. The molecule has 23 heavy (non-hydrogen) atoms. The van der Waals surface area contributed by atoms with E-state index in [4.69, 9.17) is 16.2 Å². The highest BCUT2D eigenvalue weighted by molar-refractivity contribution is 6.00. The van der Waals surface area contributed by atoms with Crippen molar-refractivity contribution in [1.29, 1.82) is 0 Å². The second-order valence-electron chi connectivity index (χ2n) is 5.32. The second-order valence-corrected chi connectivity index (χ2v) is 5.32. The molecule has 0 spiro atoms. The van der Waals surface area contributed by atoms with Crippen LogP contribution < -0.4 is 21.5 Å². The third kappa shape index (κ3) is 4.95. The van der Waals surface area contributed by atoms with E-state index in [0.717, 1.165) is 19.3 Å². The lowest BCUT2D eigenvalue weighted by Gasteiger charge is -2.31. The smallest absolute Gasteiger partial charge is 0.254 e. The zero-order valence-electron chi connectivity index (χ0n) is 12.8. The molecule has 9 heteroatoms. The number of aromatic nitrogens is 1. The van der Waals surface area contributed by atoms with Gasteiger partial charge in [0.2, 0.25) is 11.8 Å². The first-order chi connectivity index (χ1) is 9.96. The minimum Gasteiger partial charge on any atom is -0.480 e. The quantitative estimate of drug-likeness (QED) is 0.749. The topological polar surface area (TPSA) is 120 Å². The van der Waals surface area contributed by atoms with E-state index in [9.17, 15) is 9.59 Å². The number of carbonyl (C=O) groups is 2. The Balaban J connectivity index is 0.00000242. The van der Waals surface area contributed by atoms with Crippen LogP contribution in [0.15, 0.2) is 12.3 Å². The number of nitrogens with one attached hydrogen (secondary N) is 1. The Morgan fingerprint density at radius 2 is 1.87 bits per heavy atom. The van der Waals surface area contributed by atoms with Gasteiger partial charge in [0.05, 0.1) is 24.5 Å². The predicted octanol–water partition coefficient (Wildman–Crippen LogP) is 1.63. The first-order valence-corrected chi connectivity index (χ1v) is 6.90. The van der Waals surface area contributed by atoms with Crippen molar-refractivity contribution in [2.24, 2.45) is 11.5 Å². The number of nitrogens with two attached hydrogens (primary N) is 2. The van der Waals surface area contributed by atoms with Crippen molar-refractivity contribution in [2.45, 2.75) is 37.6 Å². The Bertz CT molecular complexity index is 563. The molecule has 1 aliphatic rings. The summed E-state index contributed by atoms with van der Waals surface area (Å²) in [5, 5.41) is 2.71. The summed E-state index contributed by atoms with van der Waals surface area (Å²) >= 11 is 0. The molecule has 1 aromatic heterocycles. The Kier molecular flexibility index (Phi) is 8.30. The Morgan fingerprint density at radius 1 is 1.26 bits per heavy atom. The molecule has 1 aromatic rings. The maximum absolute atomic E-state index is 12.3. The van der Waals surface area contributed by atoms with E-state index in [-0.39, 0.29) is 42.2 Å². The van der Waals surface area contributed by atoms with E-state index in [1.807, 2.05) is 0 Å². The third-order valence-electron chi connectivity index (χ3n) is 3.77. The molecule has 0 atom stereocenters. The minimum atomic E-state index is -0.856. The monoisotopic (exact) mass is 364 g/mol. The molecule has 1 heterocycles. The fourth-order valence-electron chi connectivity index (χ4n) is 2.53. The molecule has 5 N–H and O–H groups in total. The fraction of sp³-hybridized carbons (Fsp3) is 0.500. The van der Waals surface area contributed by atoms with Crippen molar-refractivity contribution in [3.8, 4) is 5.88 Å². The number of rotatable bonds is 4. The molecule has 7 nitrogen and oxygen atoms in total. The molecule has 1 fully saturated rings. The normalized spacial score (nSPS) is 15.6. The molecule has 1 aliphatic carbocycles. The van der Waals surface area contributed by atoms with Gasteiger partial charge < -0.3 is 21.5 Å². The van der Waals surface area contributed by atoms with Crippen molar-refractivity contribution in [2.75, 3.05) is 12.4 Å². The summed E-state index contributed by atoms with van der Waals surface area (Å²) in [5.41, 5.74) is 11.1. The highest BCUT2D eigenvalue weighted by atomic mass is 35.5. The van der Waals surface area contributed by atoms with Crippen molar-refractivity contribution >= 4 is 42.3 Å². The fourth-order valence-corrected chi connectivity index (χ4v) is 2.53. The summed E-state index contributed by atoms with van der Waals surface area (Å²) in [5.74, 6) is -0.805. The number of anilines is 1. The van der Waals surface area contributed by atoms with E-state index in [2.05, 4.69) is 10.3 Å². The summed E-state index contributed by atoms with van der Waals surface area (Å²) < 4.78 is 4.95. The van der Waals surface area contributed by atoms with Crippen LogP contribution in [0.3, 0.4) is 0 Å². The highest BCUT2D eigenvalue weighted by Gasteiger charge is 2.35. The average Bonchev–Trinajstić information content (AvgIpc) is 2.47. The van der Waals surface area contributed by atoms with E-state index < -0.39 is 11.4 Å². The number of hydrogen-bond donors (Lipinski definition) is 3. The lowest BCUT2D eigenvalue weighted by Crippen LogP contribution is -2.52. The van der Waals surface area contributed by atoms with Crippen LogP contribution in [0, 0.1) is 0 Å². The number of halogens is 2. The van der Waals surface area contributed by atoms with Gasteiger partial charge in [-0.3, -0.25) is 9.59 Å². The molecule has 0 aromatic carbocycles. The summed E-state index contributed by atoms with van der Waals surface area (Å²) in [6.07, 6.45) is 5.71. The highest BCUT2D eigenvalue weighted by Crippen LogP contribution is 2.27. The SMILES string of the molecule is COc1ncc(NC(=O)C2(N)CCCCC2)cc1C(N)=O.Cl.Cl. The van der Waals surface area contributed by atoms with Crippen LogP contribution in [0.5, 0.6) is 5.88 Å². The van der Waals surface area contributed by atoms with Gasteiger partial charge in [0.15, 0.2) is 0 Å². The number of pyridine rings is 1. The molecule has 2 rings (SSSR count). The van der Waals surface area contributed by atoms with Gasteiger partial charge in [-0.2, -0.15) is 0 Å². The second kappa shape index (κ2) is 8.90. The van der Waals surface area contributed by atoms with Gasteiger partial charge in [-0.25, -0.2) is 4.98 Å². The first-order valence-electron chi connectivity index (χ1n) is 6.90. The lowest BCUT2D eigenvalue weighted by molar-refractivity contribution is -0.122. The van der Waals surface area contributed by atoms with Crippen molar-refractivity contribution < 1.29 is 14.3 Å². The first kappa shape index (κ1) is 21.4. The number of amides is 2. The molecule has 0 bridgehead atoms. The van der Waals surface area contributed by atoms with Crippen LogP contribution >= 0.6 is 24.8 Å². The van der Waals surface area contributed by atoms with Crippen LogP contribution in [0.2, 0.25) is 0 Å². The third-order valence-corrected chi connectivity index (χ3v) is 3.77. The molecule has 2 amide bonds. The molecule has 130 valence electrons. The summed E-state index contributed by atoms with van der Waals surface area (Å²) in [4.78, 5) is 27.6. The standard InChI is InChI=1S/C14H20N4O3.2ClH/c1-21-12-10(11(15)19)7-9(8-17-12)18-13(20)14(16)5-3-2-4-6-14;;/h7-8H,2-6,16H2,1H3,(H2,15,19)(H,18,20);2*1H. The van der Waals surface area contributed by atoms with Crippen molar-refractivity contribution in [3.05, 3.63) is 17.8 Å². The zero-order valence-corrected chi connectivity index (χ0v) is 14.5. The van der Waals surface area contributed by atoms with Gasteiger partial charge in [-0.1, -0.05) is 19.3 Å². The molecule has 0 aliphatic heterocycles. The van der Waals surface area contributed by atoms with Crippen molar-refractivity contribution in [3.63, 3.8) is 0 Å². The summed E-state index contributed by atoms with van der Waals surface area (Å²) in [6.45, 7) is 0. The number of carbonyl (C=O) groups excluding carboxylic acids is 2.